The van der Waals surface area contributed by atoms with Crippen LogP contribution in [-0.2, 0) is 14.3 Å². The molecule has 2 fully saturated rings. The molecular weight excluding hydrogens is 212 g/mol. The first kappa shape index (κ1) is 11.0. The third-order valence-electron chi connectivity index (χ3n) is 2.47. The second kappa shape index (κ2) is 4.58. The van der Waals surface area contributed by atoms with Gasteiger partial charge >= 0.3 is 11.8 Å². The molecule has 7 heteroatoms. The molecule has 0 bridgehead atoms. The van der Waals surface area contributed by atoms with E-state index < -0.39 is 11.8 Å². The maximum absolute atomic E-state index is 10.8. The van der Waals surface area contributed by atoms with Gasteiger partial charge in [-0.05, 0) is 7.05 Å². The van der Waals surface area contributed by atoms with Gasteiger partial charge in [0, 0.05) is 13.1 Å². The van der Waals surface area contributed by atoms with Crippen molar-refractivity contribution in [2.24, 2.45) is 4.99 Å². The Morgan fingerprint density at radius 3 is 2.75 bits per heavy atom. The van der Waals surface area contributed by atoms with Crippen LogP contribution < -0.4 is 10.6 Å². The summed E-state index contributed by atoms with van der Waals surface area (Å²) >= 11 is 0. The van der Waals surface area contributed by atoms with Crippen LogP contribution in [0.5, 0.6) is 0 Å². The van der Waals surface area contributed by atoms with Gasteiger partial charge in [0.25, 0.3) is 0 Å². The van der Waals surface area contributed by atoms with Crippen LogP contribution in [0, 0.1) is 0 Å². The zero-order valence-corrected chi connectivity index (χ0v) is 9.02. The van der Waals surface area contributed by atoms with Crippen molar-refractivity contribution in [1.82, 2.24) is 15.5 Å². The van der Waals surface area contributed by atoms with Crippen molar-refractivity contribution in [3.8, 4) is 0 Å². The predicted molar refractivity (Wildman–Crippen MR) is 55.8 cm³/mol. The van der Waals surface area contributed by atoms with Crippen molar-refractivity contribution < 1.29 is 14.3 Å². The molecule has 0 aromatic carbocycles. The summed E-state index contributed by atoms with van der Waals surface area (Å²) in [5.74, 6) is -1.12. The number of nitrogens with zero attached hydrogens (tertiary/aromatic N) is 2. The summed E-state index contributed by atoms with van der Waals surface area (Å²) in [5, 5.41) is 4.67. The van der Waals surface area contributed by atoms with Gasteiger partial charge in [0.2, 0.25) is 5.96 Å². The number of hydrogen-bond acceptors (Lipinski definition) is 5. The Hall–Kier alpha value is -1.47. The number of nitrogens with one attached hydrogen (secondary N) is 2. The molecule has 88 valence electrons. The van der Waals surface area contributed by atoms with Gasteiger partial charge in [0.15, 0.2) is 0 Å². The molecular formula is C9H14N4O3. The Bertz CT molecular complexity index is 324. The van der Waals surface area contributed by atoms with E-state index in [2.05, 4.69) is 20.5 Å². The fourth-order valence-electron chi connectivity index (χ4n) is 1.61. The molecule has 7 nitrogen and oxygen atoms in total. The average molecular weight is 226 g/mol. The molecule has 0 radical (unpaired) electrons. The molecule has 2 amide bonds. The molecule has 2 heterocycles. The van der Waals surface area contributed by atoms with E-state index in [1.165, 1.54) is 0 Å². The molecule has 16 heavy (non-hydrogen) atoms. The van der Waals surface area contributed by atoms with Crippen LogP contribution in [0.1, 0.15) is 0 Å². The highest BCUT2D eigenvalue weighted by atomic mass is 16.5. The molecule has 2 aliphatic heterocycles. The predicted octanol–water partition coefficient (Wildman–Crippen LogP) is -2.08. The van der Waals surface area contributed by atoms with Crippen molar-refractivity contribution in [1.29, 1.82) is 0 Å². The Kier molecular flexibility index (Phi) is 3.16. The van der Waals surface area contributed by atoms with Crippen molar-refractivity contribution in [3.63, 3.8) is 0 Å². The minimum absolute atomic E-state index is 0.0145. The highest BCUT2D eigenvalue weighted by molar-refractivity contribution is 6.45. The van der Waals surface area contributed by atoms with Gasteiger partial charge in [0.1, 0.15) is 0 Å². The number of amides is 2. The molecule has 0 spiro atoms. The number of morpholine rings is 1. The van der Waals surface area contributed by atoms with Crippen LogP contribution in [0.4, 0.5) is 0 Å². The number of rotatable bonds is 2. The lowest BCUT2D eigenvalue weighted by molar-refractivity contribution is -0.135. The van der Waals surface area contributed by atoms with E-state index in [1.807, 2.05) is 7.05 Å². The first-order chi connectivity index (χ1) is 7.65. The second-order valence-electron chi connectivity index (χ2n) is 3.85. The number of carbonyl (C=O) groups is 2. The fourth-order valence-corrected chi connectivity index (χ4v) is 1.61. The number of ether oxygens (including phenoxy) is 1. The molecule has 2 N–H and O–H groups in total. The largest absolute Gasteiger partial charge is 0.374 e. The Morgan fingerprint density at radius 2 is 2.12 bits per heavy atom. The second-order valence-corrected chi connectivity index (χ2v) is 3.85. The number of likely N-dealkylation sites (N-methyl/N-ethyl adjacent to an activating group) is 1. The summed E-state index contributed by atoms with van der Waals surface area (Å²) in [4.78, 5) is 27.9. The van der Waals surface area contributed by atoms with Crippen LogP contribution >= 0.6 is 0 Å². The maximum atomic E-state index is 10.8. The molecule has 2 rings (SSSR count). The van der Waals surface area contributed by atoms with Crippen molar-refractivity contribution in [2.75, 3.05) is 33.3 Å². The fraction of sp³-hybridized carbons (Fsp3) is 0.667. The summed E-state index contributed by atoms with van der Waals surface area (Å²) in [6, 6.07) is 0. The number of aliphatic imine (C=N–C) groups is 1. The van der Waals surface area contributed by atoms with Gasteiger partial charge in [0.05, 0.1) is 19.3 Å². The van der Waals surface area contributed by atoms with Gasteiger partial charge < -0.3 is 9.64 Å². The van der Waals surface area contributed by atoms with Gasteiger partial charge in [-0.15, -0.1) is 0 Å². The molecule has 2 aliphatic rings. The number of carbonyl (C=O) groups excluding carboxylic acids is 2. The van der Waals surface area contributed by atoms with E-state index in [0.29, 0.717) is 13.2 Å². The van der Waals surface area contributed by atoms with Gasteiger partial charge in [-0.1, -0.05) is 0 Å². The van der Waals surface area contributed by atoms with E-state index in [0.717, 1.165) is 13.1 Å². The highest BCUT2D eigenvalue weighted by Crippen LogP contribution is 2.03. The van der Waals surface area contributed by atoms with Gasteiger partial charge in [-0.25, -0.2) is 4.99 Å². The van der Waals surface area contributed by atoms with Crippen molar-refractivity contribution in [2.45, 2.75) is 6.10 Å². The topological polar surface area (TPSA) is 83.0 Å². The lowest BCUT2D eigenvalue weighted by Crippen LogP contribution is -2.42. The summed E-state index contributed by atoms with van der Waals surface area (Å²) in [6.45, 7) is 2.84. The van der Waals surface area contributed by atoms with Gasteiger partial charge in [-0.3, -0.25) is 20.2 Å². The molecule has 1 atom stereocenters. The quantitative estimate of drug-likeness (QED) is 0.529. The lowest BCUT2D eigenvalue weighted by atomic mass is 10.3. The van der Waals surface area contributed by atoms with Crippen molar-refractivity contribution in [3.05, 3.63) is 0 Å². The molecule has 0 saturated carbocycles. The molecule has 0 aliphatic carbocycles. The zero-order chi connectivity index (χ0) is 11.5. The zero-order valence-electron chi connectivity index (χ0n) is 9.02. The monoisotopic (exact) mass is 226 g/mol. The number of guanidine groups is 1. The average Bonchev–Trinajstić information content (AvgIpc) is 2.56. The normalized spacial score (nSPS) is 26.6. The first-order valence-electron chi connectivity index (χ1n) is 5.12. The van der Waals surface area contributed by atoms with Crippen LogP contribution in [0.25, 0.3) is 0 Å². The maximum Gasteiger partial charge on any atom is 0.316 e. The van der Waals surface area contributed by atoms with E-state index in [1.54, 1.807) is 0 Å². The highest BCUT2D eigenvalue weighted by Gasteiger charge is 2.25. The SMILES string of the molecule is CN1CCOC(CN=C2NC(=O)C(=O)N2)C1. The molecule has 2 saturated heterocycles. The third kappa shape index (κ3) is 2.56. The van der Waals surface area contributed by atoms with Crippen LogP contribution in [0.2, 0.25) is 0 Å². The minimum atomic E-state index is -0.666. The summed E-state index contributed by atoms with van der Waals surface area (Å²) < 4.78 is 5.49. The number of hydrogen-bond donors (Lipinski definition) is 2. The molecule has 0 aromatic heterocycles. The summed E-state index contributed by atoms with van der Waals surface area (Å²) in [6.07, 6.45) is 0.0145. The van der Waals surface area contributed by atoms with E-state index in [9.17, 15) is 9.59 Å². The molecule has 1 unspecified atom stereocenters. The summed E-state index contributed by atoms with van der Waals surface area (Å²) in [7, 11) is 2.02. The van der Waals surface area contributed by atoms with E-state index >= 15 is 0 Å². The third-order valence-corrected chi connectivity index (χ3v) is 2.47. The first-order valence-corrected chi connectivity index (χ1v) is 5.12. The standard InChI is InChI=1S/C9H14N4O3/c1-13-2-3-16-6(5-13)4-10-9-11-7(14)8(15)12-9/h6H,2-5H2,1H3,(H2,10,11,12,14,15). The summed E-state index contributed by atoms with van der Waals surface area (Å²) in [5.41, 5.74) is 0. The Balaban J connectivity index is 1.84. The van der Waals surface area contributed by atoms with E-state index in [-0.39, 0.29) is 12.1 Å². The van der Waals surface area contributed by atoms with Crippen LogP contribution in [0.3, 0.4) is 0 Å². The van der Waals surface area contributed by atoms with Gasteiger partial charge in [-0.2, -0.15) is 0 Å². The smallest absolute Gasteiger partial charge is 0.316 e. The van der Waals surface area contributed by atoms with Crippen molar-refractivity contribution >= 4 is 17.8 Å². The lowest BCUT2D eigenvalue weighted by Gasteiger charge is -2.28. The minimum Gasteiger partial charge on any atom is -0.374 e. The van der Waals surface area contributed by atoms with Crippen LogP contribution in [-0.4, -0.2) is 62.1 Å². The molecule has 0 aromatic rings. The van der Waals surface area contributed by atoms with Crippen LogP contribution in [0.15, 0.2) is 4.99 Å². The Morgan fingerprint density at radius 1 is 1.44 bits per heavy atom. The Labute approximate surface area is 92.8 Å². The van der Waals surface area contributed by atoms with E-state index in [4.69, 9.17) is 4.74 Å².